The minimum Gasteiger partial charge on any atom is -0.489 e. The van der Waals surface area contributed by atoms with E-state index in [1.165, 1.54) is 18.2 Å². The van der Waals surface area contributed by atoms with E-state index in [1.807, 2.05) is 13.8 Å². The zero-order valence-corrected chi connectivity index (χ0v) is 19.4. The molecular formula is C24H24ClFN4O3. The monoisotopic (exact) mass is 470 g/mol. The number of ether oxygens (including phenoxy) is 1. The summed E-state index contributed by atoms with van der Waals surface area (Å²) in [6.45, 7) is 5.99. The molecule has 2 aliphatic rings. The molecule has 0 spiro atoms. The van der Waals surface area contributed by atoms with Gasteiger partial charge in [0, 0.05) is 18.1 Å². The molecule has 1 fully saturated rings. The summed E-state index contributed by atoms with van der Waals surface area (Å²) in [6, 6.07) is 3.99. The van der Waals surface area contributed by atoms with Crippen molar-refractivity contribution < 1.29 is 18.7 Å². The molecule has 172 valence electrons. The van der Waals surface area contributed by atoms with Crippen molar-refractivity contribution in [2.45, 2.75) is 59.2 Å². The van der Waals surface area contributed by atoms with Crippen LogP contribution >= 0.6 is 11.6 Å². The van der Waals surface area contributed by atoms with E-state index in [-0.39, 0.29) is 29.5 Å². The largest absolute Gasteiger partial charge is 0.489 e. The number of hydrogen-bond acceptors (Lipinski definition) is 5. The van der Waals surface area contributed by atoms with E-state index in [2.05, 4.69) is 10.1 Å². The van der Waals surface area contributed by atoms with Crippen LogP contribution in [0.2, 0.25) is 5.02 Å². The van der Waals surface area contributed by atoms with Crippen molar-refractivity contribution >= 4 is 28.9 Å². The number of rotatable bonds is 5. The summed E-state index contributed by atoms with van der Waals surface area (Å²) in [5.74, 6) is -0.0274. The molecule has 3 heterocycles. The second-order valence-corrected chi connectivity index (χ2v) is 9.42. The van der Waals surface area contributed by atoms with Crippen LogP contribution in [0.3, 0.4) is 0 Å². The van der Waals surface area contributed by atoms with Gasteiger partial charge >= 0.3 is 0 Å². The number of fused-ring (bicyclic) bond motifs is 3. The highest BCUT2D eigenvalue weighted by Gasteiger charge is 2.35. The predicted molar refractivity (Wildman–Crippen MR) is 120 cm³/mol. The number of hydrogen-bond donors (Lipinski definition) is 0. The van der Waals surface area contributed by atoms with Crippen molar-refractivity contribution in [3.05, 3.63) is 57.2 Å². The Morgan fingerprint density at radius 2 is 2.00 bits per heavy atom. The minimum absolute atomic E-state index is 0.123. The topological polar surface area (TPSA) is 76.8 Å². The highest BCUT2D eigenvalue weighted by Crippen LogP contribution is 2.36. The van der Waals surface area contributed by atoms with E-state index < -0.39 is 5.82 Å². The number of Topliss-reactive ketones (excluding diaryl/α,β-unsaturated/α-hetero) is 1. The van der Waals surface area contributed by atoms with E-state index >= 15 is 0 Å². The summed E-state index contributed by atoms with van der Waals surface area (Å²) in [4.78, 5) is 30.9. The summed E-state index contributed by atoms with van der Waals surface area (Å²) in [5.41, 5.74) is 4.20. The van der Waals surface area contributed by atoms with E-state index in [4.69, 9.17) is 16.3 Å². The maximum absolute atomic E-state index is 14.0. The van der Waals surface area contributed by atoms with Gasteiger partial charge in [-0.25, -0.2) is 13.9 Å². The molecule has 0 atom stereocenters. The maximum Gasteiger partial charge on any atom is 0.258 e. The maximum atomic E-state index is 14.0. The van der Waals surface area contributed by atoms with Crippen molar-refractivity contribution in [2.24, 2.45) is 5.92 Å². The van der Waals surface area contributed by atoms with Crippen molar-refractivity contribution in [3.8, 4) is 5.75 Å². The summed E-state index contributed by atoms with van der Waals surface area (Å²) in [5, 5.41) is 5.19. The predicted octanol–water partition coefficient (Wildman–Crippen LogP) is 4.43. The Balaban J connectivity index is 1.36. The van der Waals surface area contributed by atoms with Gasteiger partial charge in [-0.2, -0.15) is 5.10 Å². The number of amides is 1. The molecule has 5 rings (SSSR count). The van der Waals surface area contributed by atoms with E-state index in [9.17, 15) is 14.0 Å². The van der Waals surface area contributed by atoms with Crippen LogP contribution in [-0.2, 0) is 17.9 Å². The molecule has 2 aromatic heterocycles. The number of aromatic nitrogens is 3. The molecule has 0 N–H and O–H groups in total. The Bertz CT molecular complexity index is 1300. The van der Waals surface area contributed by atoms with Gasteiger partial charge in [-0.1, -0.05) is 11.6 Å². The fourth-order valence-electron chi connectivity index (χ4n) is 4.72. The van der Waals surface area contributed by atoms with E-state index in [1.54, 1.807) is 16.3 Å². The van der Waals surface area contributed by atoms with Crippen LogP contribution in [0.5, 0.6) is 5.75 Å². The lowest BCUT2D eigenvalue weighted by Gasteiger charge is -2.35. The smallest absolute Gasteiger partial charge is 0.258 e. The van der Waals surface area contributed by atoms with Crippen molar-refractivity contribution in [2.75, 3.05) is 0 Å². The second kappa shape index (κ2) is 8.09. The molecule has 1 aliphatic heterocycles. The van der Waals surface area contributed by atoms with Crippen molar-refractivity contribution in [3.63, 3.8) is 0 Å². The summed E-state index contributed by atoms with van der Waals surface area (Å²) in [6.07, 6.45) is 1.86. The summed E-state index contributed by atoms with van der Waals surface area (Å²) in [7, 11) is 0. The van der Waals surface area contributed by atoms with Crippen LogP contribution < -0.4 is 4.74 Å². The van der Waals surface area contributed by atoms with Gasteiger partial charge in [-0.15, -0.1) is 0 Å². The highest BCUT2D eigenvalue weighted by atomic mass is 35.5. The van der Waals surface area contributed by atoms with Gasteiger partial charge in [0.05, 0.1) is 46.9 Å². The first-order chi connectivity index (χ1) is 15.7. The van der Waals surface area contributed by atoms with Gasteiger partial charge in [0.15, 0.2) is 5.65 Å². The Morgan fingerprint density at radius 1 is 1.24 bits per heavy atom. The molecule has 9 heteroatoms. The molecule has 1 aliphatic carbocycles. The zero-order chi connectivity index (χ0) is 23.4. The number of aryl methyl sites for hydroxylation is 2. The Kier molecular flexibility index (Phi) is 5.35. The van der Waals surface area contributed by atoms with Crippen LogP contribution in [-0.4, -0.2) is 37.3 Å². The number of benzene rings is 1. The quantitative estimate of drug-likeness (QED) is 0.551. The van der Waals surface area contributed by atoms with Crippen molar-refractivity contribution in [1.29, 1.82) is 0 Å². The molecule has 33 heavy (non-hydrogen) atoms. The third-order valence-electron chi connectivity index (χ3n) is 6.48. The number of carbonyl (C=O) groups excluding carboxylic acids is 2. The van der Waals surface area contributed by atoms with Gasteiger partial charge in [-0.05, 0) is 51.7 Å². The fraction of sp³-hybridized carbons (Fsp3) is 0.417. The first-order valence-electron chi connectivity index (χ1n) is 11.0. The Hall–Kier alpha value is -3.00. The molecule has 0 unspecified atom stereocenters. The standard InChI is InChI=1S/C24H24ClFN4O3/c1-12(31)6-15-7-17(8-15)33-21-9-16(26)4-5-18(21)24(32)29-10-19-20(11-29)28-30-14(3)22(25)13(2)27-23(19)30/h4-5,9,15,17H,6-8,10-11H2,1-3H3. The van der Waals surface area contributed by atoms with E-state index in [0.717, 1.165) is 29.8 Å². The highest BCUT2D eigenvalue weighted by molar-refractivity contribution is 6.31. The molecule has 1 saturated carbocycles. The lowest BCUT2D eigenvalue weighted by molar-refractivity contribution is -0.119. The zero-order valence-electron chi connectivity index (χ0n) is 18.7. The SMILES string of the molecule is CC(=O)CC1CC(Oc2cc(F)ccc2C(=O)N2Cc3nn4c(C)c(Cl)c(C)nc4c3C2)C1. The van der Waals surface area contributed by atoms with Crippen LogP contribution in [0.4, 0.5) is 4.39 Å². The molecule has 7 nitrogen and oxygen atoms in total. The average molecular weight is 471 g/mol. The van der Waals surface area contributed by atoms with Gasteiger partial charge in [0.1, 0.15) is 17.3 Å². The van der Waals surface area contributed by atoms with E-state index in [0.29, 0.717) is 41.4 Å². The molecule has 1 amide bonds. The second-order valence-electron chi connectivity index (χ2n) is 9.04. The fourth-order valence-corrected chi connectivity index (χ4v) is 4.84. The lowest BCUT2D eigenvalue weighted by Crippen LogP contribution is -2.35. The van der Waals surface area contributed by atoms with Crippen LogP contribution in [0.25, 0.3) is 5.65 Å². The Morgan fingerprint density at radius 3 is 2.73 bits per heavy atom. The van der Waals surface area contributed by atoms with Gasteiger partial charge in [-0.3, -0.25) is 4.79 Å². The van der Waals surface area contributed by atoms with Crippen LogP contribution in [0.15, 0.2) is 18.2 Å². The lowest BCUT2D eigenvalue weighted by atomic mass is 9.79. The first kappa shape index (κ1) is 21.8. The molecular weight excluding hydrogens is 447 g/mol. The third-order valence-corrected chi connectivity index (χ3v) is 7.03. The number of nitrogens with zero attached hydrogens (tertiary/aromatic N) is 4. The molecule has 1 aromatic carbocycles. The number of ketones is 1. The molecule has 0 saturated heterocycles. The van der Waals surface area contributed by atoms with Crippen LogP contribution in [0, 0.1) is 25.6 Å². The molecule has 3 aromatic rings. The van der Waals surface area contributed by atoms with Crippen molar-refractivity contribution in [1.82, 2.24) is 19.5 Å². The summed E-state index contributed by atoms with van der Waals surface area (Å²) < 4.78 is 21.7. The average Bonchev–Trinajstić information content (AvgIpc) is 3.29. The number of halogens is 2. The van der Waals surface area contributed by atoms with Gasteiger partial charge < -0.3 is 14.4 Å². The normalized spacial score (nSPS) is 19.5. The van der Waals surface area contributed by atoms with Gasteiger partial charge in [0.2, 0.25) is 0 Å². The molecule has 0 radical (unpaired) electrons. The summed E-state index contributed by atoms with van der Waals surface area (Å²) >= 11 is 6.31. The van der Waals surface area contributed by atoms with Gasteiger partial charge in [0.25, 0.3) is 5.91 Å². The third kappa shape index (κ3) is 3.86. The minimum atomic E-state index is -0.462. The molecule has 0 bridgehead atoms. The first-order valence-corrected chi connectivity index (χ1v) is 11.4. The van der Waals surface area contributed by atoms with Crippen LogP contribution in [0.1, 0.15) is 59.2 Å². The Labute approximate surface area is 195 Å². The number of carbonyl (C=O) groups is 2.